The van der Waals surface area contributed by atoms with Gasteiger partial charge in [-0.15, -0.1) is 0 Å². The maximum absolute atomic E-state index is 15.3. The first kappa shape index (κ1) is 25.3. The van der Waals surface area contributed by atoms with Gasteiger partial charge in [-0.05, 0) is 72.0 Å². The summed E-state index contributed by atoms with van der Waals surface area (Å²) in [5.41, 5.74) is 6.62. The number of pyridine rings is 1. The number of rotatable bonds is 8. The second-order valence-corrected chi connectivity index (χ2v) is 9.29. The molecule has 7 heteroatoms. The molecule has 0 unspecified atom stereocenters. The van der Waals surface area contributed by atoms with E-state index < -0.39 is 0 Å². The number of amides is 2. The van der Waals surface area contributed by atoms with Gasteiger partial charge in [0.15, 0.2) is 0 Å². The van der Waals surface area contributed by atoms with Crippen molar-refractivity contribution in [1.82, 2.24) is 15.6 Å². The van der Waals surface area contributed by atoms with Crippen LogP contribution in [0.1, 0.15) is 29.2 Å². The van der Waals surface area contributed by atoms with Gasteiger partial charge in [-0.1, -0.05) is 18.7 Å². The van der Waals surface area contributed by atoms with E-state index >= 15 is 4.39 Å². The standard InChI is InChI=1S/C29H31FN4O2/c1-18-12-27(19(2)11-23(18)15-32-14-22-7-9-31-10-8-22)26-6-5-25(13-28(26)30)34-17-24(16-33-21(4)35)20(3)29(34)36/h5-13,24,32H,3,14-17H2,1-2,4H3,(H,33,35)/t24-/m0/s1. The number of aromatic nitrogens is 1. The van der Waals surface area contributed by atoms with Crippen LogP contribution in [0, 0.1) is 25.6 Å². The molecule has 6 nitrogen and oxygen atoms in total. The summed E-state index contributed by atoms with van der Waals surface area (Å²) in [6.45, 7) is 11.5. The molecule has 1 aromatic heterocycles. The summed E-state index contributed by atoms with van der Waals surface area (Å²) in [7, 11) is 0. The zero-order chi connectivity index (χ0) is 25.8. The Kier molecular flexibility index (Phi) is 7.60. The number of anilines is 1. The molecular weight excluding hydrogens is 455 g/mol. The van der Waals surface area contributed by atoms with Gasteiger partial charge >= 0.3 is 0 Å². The zero-order valence-electron chi connectivity index (χ0n) is 20.9. The van der Waals surface area contributed by atoms with E-state index in [4.69, 9.17) is 0 Å². The van der Waals surface area contributed by atoms with E-state index in [1.54, 1.807) is 24.5 Å². The monoisotopic (exact) mass is 486 g/mol. The van der Waals surface area contributed by atoms with E-state index in [0.717, 1.165) is 28.8 Å². The van der Waals surface area contributed by atoms with Crippen LogP contribution in [0.3, 0.4) is 0 Å². The number of nitrogens with zero attached hydrogens (tertiary/aromatic N) is 2. The smallest absolute Gasteiger partial charge is 0.254 e. The maximum atomic E-state index is 15.3. The van der Waals surface area contributed by atoms with E-state index in [1.165, 1.54) is 23.5 Å². The minimum atomic E-state index is -0.387. The molecule has 36 heavy (non-hydrogen) atoms. The number of aryl methyl sites for hydroxylation is 2. The Hall–Kier alpha value is -3.84. The number of benzene rings is 2. The third kappa shape index (κ3) is 5.52. The van der Waals surface area contributed by atoms with Gasteiger partial charge in [0, 0.05) is 68.2 Å². The van der Waals surface area contributed by atoms with E-state index in [-0.39, 0.29) is 23.5 Å². The highest BCUT2D eigenvalue weighted by atomic mass is 19.1. The van der Waals surface area contributed by atoms with Gasteiger partial charge in [0.1, 0.15) is 5.82 Å². The summed E-state index contributed by atoms with van der Waals surface area (Å²) in [6, 6.07) is 13.0. The highest BCUT2D eigenvalue weighted by Gasteiger charge is 2.34. The van der Waals surface area contributed by atoms with Crippen LogP contribution in [-0.2, 0) is 22.7 Å². The van der Waals surface area contributed by atoms with E-state index in [2.05, 4.69) is 28.3 Å². The summed E-state index contributed by atoms with van der Waals surface area (Å²) >= 11 is 0. The first-order valence-electron chi connectivity index (χ1n) is 12.0. The van der Waals surface area contributed by atoms with Crippen molar-refractivity contribution in [3.05, 3.63) is 95.1 Å². The average Bonchev–Trinajstić information content (AvgIpc) is 3.14. The molecule has 1 atom stereocenters. The minimum absolute atomic E-state index is 0.162. The van der Waals surface area contributed by atoms with Crippen LogP contribution in [0.25, 0.3) is 11.1 Å². The number of carbonyl (C=O) groups excluding carboxylic acids is 2. The van der Waals surface area contributed by atoms with Crippen molar-refractivity contribution in [2.24, 2.45) is 5.92 Å². The number of halogens is 1. The fraction of sp³-hybridized carbons (Fsp3) is 0.276. The molecule has 0 aliphatic carbocycles. The molecule has 2 N–H and O–H groups in total. The van der Waals surface area contributed by atoms with Crippen LogP contribution in [0.4, 0.5) is 10.1 Å². The van der Waals surface area contributed by atoms with Crippen LogP contribution >= 0.6 is 0 Å². The number of hydrogen-bond acceptors (Lipinski definition) is 4. The normalized spacial score (nSPS) is 15.4. The second-order valence-electron chi connectivity index (χ2n) is 9.29. The lowest BCUT2D eigenvalue weighted by molar-refractivity contribution is -0.119. The van der Waals surface area contributed by atoms with Gasteiger partial charge in [-0.2, -0.15) is 0 Å². The fourth-order valence-electron chi connectivity index (χ4n) is 4.53. The molecule has 1 aliphatic rings. The topological polar surface area (TPSA) is 74.3 Å². The summed E-state index contributed by atoms with van der Waals surface area (Å²) in [5, 5.41) is 6.18. The van der Waals surface area contributed by atoms with Crippen molar-refractivity contribution in [2.45, 2.75) is 33.9 Å². The number of nitrogens with one attached hydrogen (secondary N) is 2. The van der Waals surface area contributed by atoms with Crippen molar-refractivity contribution >= 4 is 17.5 Å². The Labute approximate surface area is 211 Å². The summed E-state index contributed by atoms with van der Waals surface area (Å²) in [6.07, 6.45) is 3.56. The second kappa shape index (κ2) is 10.8. The Morgan fingerprint density at radius 2 is 1.83 bits per heavy atom. The first-order chi connectivity index (χ1) is 17.2. The third-order valence-electron chi connectivity index (χ3n) is 6.64. The van der Waals surface area contributed by atoms with Gasteiger partial charge in [0.25, 0.3) is 5.91 Å². The van der Waals surface area contributed by atoms with Gasteiger partial charge in [0.05, 0.1) is 0 Å². The highest BCUT2D eigenvalue weighted by molar-refractivity contribution is 6.08. The maximum Gasteiger partial charge on any atom is 0.254 e. The molecule has 3 aromatic rings. The molecule has 0 radical (unpaired) electrons. The lowest BCUT2D eigenvalue weighted by Crippen LogP contribution is -2.29. The minimum Gasteiger partial charge on any atom is -0.356 e. The van der Waals surface area contributed by atoms with E-state index in [0.29, 0.717) is 36.5 Å². The van der Waals surface area contributed by atoms with Crippen LogP contribution in [-0.4, -0.2) is 29.9 Å². The summed E-state index contributed by atoms with van der Waals surface area (Å²) < 4.78 is 15.3. The highest BCUT2D eigenvalue weighted by Crippen LogP contribution is 2.34. The molecule has 4 rings (SSSR count). The Morgan fingerprint density at radius 1 is 1.08 bits per heavy atom. The largest absolute Gasteiger partial charge is 0.356 e. The van der Waals surface area contributed by atoms with Crippen molar-refractivity contribution in [1.29, 1.82) is 0 Å². The fourth-order valence-corrected chi connectivity index (χ4v) is 4.53. The Morgan fingerprint density at radius 3 is 2.53 bits per heavy atom. The number of hydrogen-bond donors (Lipinski definition) is 2. The van der Waals surface area contributed by atoms with Crippen molar-refractivity contribution in [2.75, 3.05) is 18.0 Å². The van der Waals surface area contributed by atoms with E-state index in [9.17, 15) is 9.59 Å². The molecular formula is C29H31FN4O2. The third-order valence-corrected chi connectivity index (χ3v) is 6.64. The molecule has 2 heterocycles. The molecule has 1 aliphatic heterocycles. The lowest BCUT2D eigenvalue weighted by atomic mass is 9.94. The van der Waals surface area contributed by atoms with Crippen LogP contribution in [0.5, 0.6) is 0 Å². The Balaban J connectivity index is 1.49. The molecule has 0 spiro atoms. The van der Waals surface area contributed by atoms with Crippen molar-refractivity contribution < 1.29 is 14.0 Å². The van der Waals surface area contributed by atoms with Crippen molar-refractivity contribution in [3.8, 4) is 11.1 Å². The molecule has 1 saturated heterocycles. The first-order valence-corrected chi connectivity index (χ1v) is 12.0. The molecule has 2 amide bonds. The Bertz CT molecular complexity index is 1310. The van der Waals surface area contributed by atoms with Crippen LogP contribution in [0.15, 0.2) is 67.0 Å². The summed E-state index contributed by atoms with van der Waals surface area (Å²) in [4.78, 5) is 29.5. The molecule has 0 saturated carbocycles. The molecule has 0 bridgehead atoms. The quantitative estimate of drug-likeness (QED) is 0.462. The molecule has 2 aromatic carbocycles. The number of carbonyl (C=O) groups is 2. The average molecular weight is 487 g/mol. The molecule has 186 valence electrons. The van der Waals surface area contributed by atoms with Gasteiger partial charge in [0.2, 0.25) is 5.91 Å². The van der Waals surface area contributed by atoms with Crippen LogP contribution in [0.2, 0.25) is 0 Å². The van der Waals surface area contributed by atoms with Gasteiger partial charge in [-0.25, -0.2) is 4.39 Å². The SMILES string of the molecule is C=C1C(=O)N(c2ccc(-c3cc(C)c(CNCc4ccncc4)cc3C)c(F)c2)C[C@@H]1CNC(C)=O. The van der Waals surface area contributed by atoms with Crippen LogP contribution < -0.4 is 15.5 Å². The van der Waals surface area contributed by atoms with Crippen molar-refractivity contribution in [3.63, 3.8) is 0 Å². The predicted molar refractivity (Wildman–Crippen MR) is 140 cm³/mol. The summed E-state index contributed by atoms with van der Waals surface area (Å²) in [5.74, 6) is -0.991. The lowest BCUT2D eigenvalue weighted by Gasteiger charge is -2.18. The van der Waals surface area contributed by atoms with E-state index in [1.807, 2.05) is 32.0 Å². The zero-order valence-corrected chi connectivity index (χ0v) is 20.9. The molecule has 1 fully saturated rings. The van der Waals surface area contributed by atoms with Gasteiger partial charge in [-0.3, -0.25) is 14.6 Å². The van der Waals surface area contributed by atoms with Gasteiger partial charge < -0.3 is 15.5 Å². The predicted octanol–water partition coefficient (Wildman–Crippen LogP) is 4.45.